The molecule has 2 aliphatic rings. The quantitative estimate of drug-likeness (QED) is 0.793. The number of ether oxygens (including phenoxy) is 1. The van der Waals surface area contributed by atoms with Crippen LogP contribution in [0.15, 0.2) is 0 Å². The maximum Gasteiger partial charge on any atom is 0.155 e. The summed E-state index contributed by atoms with van der Waals surface area (Å²) in [7, 11) is 0. The number of aromatic nitrogens is 2. The topological polar surface area (TPSA) is 38.2 Å². The number of morpholine rings is 1. The molecule has 4 nitrogen and oxygen atoms in total. The Labute approximate surface area is 119 Å². The smallest absolute Gasteiger partial charge is 0.155 e. The Kier molecular flexibility index (Phi) is 3.63. The van der Waals surface area contributed by atoms with Crippen LogP contribution >= 0.6 is 11.6 Å². The summed E-state index contributed by atoms with van der Waals surface area (Å²) in [5.41, 5.74) is 2.18. The fourth-order valence-electron chi connectivity index (χ4n) is 3.20. The number of hydrogen-bond donors (Lipinski definition) is 0. The van der Waals surface area contributed by atoms with Crippen LogP contribution in [0.2, 0.25) is 5.15 Å². The molecule has 104 valence electrons. The Morgan fingerprint density at radius 1 is 1.16 bits per heavy atom. The number of halogens is 1. The summed E-state index contributed by atoms with van der Waals surface area (Å²) in [6.07, 6.45) is 5.27. The highest BCUT2D eigenvalue weighted by atomic mass is 35.5. The molecule has 2 unspecified atom stereocenters. The van der Waals surface area contributed by atoms with Crippen LogP contribution < -0.4 is 4.90 Å². The van der Waals surface area contributed by atoms with Crippen molar-refractivity contribution in [1.29, 1.82) is 0 Å². The van der Waals surface area contributed by atoms with E-state index < -0.39 is 0 Å². The fourth-order valence-corrected chi connectivity index (χ4v) is 3.38. The maximum absolute atomic E-state index is 6.05. The highest BCUT2D eigenvalue weighted by Crippen LogP contribution is 2.33. The Bertz CT molecular complexity index is 478. The van der Waals surface area contributed by atoms with Gasteiger partial charge < -0.3 is 9.64 Å². The lowest BCUT2D eigenvalue weighted by atomic mass is 9.90. The van der Waals surface area contributed by atoms with Crippen LogP contribution in [0.3, 0.4) is 0 Å². The van der Waals surface area contributed by atoms with Crippen LogP contribution in [0.25, 0.3) is 0 Å². The van der Waals surface area contributed by atoms with Crippen molar-refractivity contribution in [3.8, 4) is 0 Å². The second-order valence-corrected chi connectivity index (χ2v) is 5.88. The largest absolute Gasteiger partial charge is 0.374 e. The molecule has 0 aromatic carbocycles. The standard InChI is InChI=1S/C14H20ClN3O/c1-9-10(2)14(17-16-13(9)15)18-7-8-19-12-6-4-3-5-11(12)18/h11-12H,3-8H2,1-2H3. The summed E-state index contributed by atoms with van der Waals surface area (Å²) in [5.74, 6) is 0.988. The first-order chi connectivity index (χ1) is 9.18. The molecule has 2 fully saturated rings. The van der Waals surface area contributed by atoms with E-state index >= 15 is 0 Å². The van der Waals surface area contributed by atoms with E-state index in [1.54, 1.807) is 0 Å². The molecule has 1 aliphatic heterocycles. The molecule has 0 spiro atoms. The molecule has 19 heavy (non-hydrogen) atoms. The van der Waals surface area contributed by atoms with E-state index in [4.69, 9.17) is 16.3 Å². The summed E-state index contributed by atoms with van der Waals surface area (Å²) in [5, 5.41) is 8.94. The monoisotopic (exact) mass is 281 g/mol. The molecule has 1 saturated carbocycles. The molecule has 2 heterocycles. The van der Waals surface area contributed by atoms with Gasteiger partial charge >= 0.3 is 0 Å². The third-order valence-corrected chi connectivity index (χ3v) is 4.80. The minimum atomic E-state index is 0.361. The predicted molar refractivity (Wildman–Crippen MR) is 75.9 cm³/mol. The lowest BCUT2D eigenvalue weighted by Gasteiger charge is -2.44. The van der Waals surface area contributed by atoms with Crippen LogP contribution in [0.4, 0.5) is 5.82 Å². The number of hydrogen-bond acceptors (Lipinski definition) is 4. The van der Waals surface area contributed by atoms with Crippen molar-refractivity contribution in [3.05, 3.63) is 16.3 Å². The Morgan fingerprint density at radius 3 is 2.79 bits per heavy atom. The number of anilines is 1. The van der Waals surface area contributed by atoms with Gasteiger partial charge in [0.2, 0.25) is 0 Å². The van der Waals surface area contributed by atoms with E-state index in [1.165, 1.54) is 25.7 Å². The van der Waals surface area contributed by atoms with Gasteiger partial charge in [-0.1, -0.05) is 24.4 Å². The highest BCUT2D eigenvalue weighted by molar-refractivity contribution is 6.30. The van der Waals surface area contributed by atoms with Gasteiger partial charge in [0.15, 0.2) is 11.0 Å². The Balaban J connectivity index is 1.94. The first kappa shape index (κ1) is 13.1. The molecule has 2 atom stereocenters. The van der Waals surface area contributed by atoms with Crippen molar-refractivity contribution >= 4 is 17.4 Å². The molecule has 0 amide bonds. The van der Waals surface area contributed by atoms with E-state index in [-0.39, 0.29) is 0 Å². The molecule has 5 heteroatoms. The SMILES string of the molecule is Cc1c(Cl)nnc(N2CCOC3CCCCC32)c1C. The summed E-state index contributed by atoms with van der Waals surface area (Å²) in [6, 6.07) is 0.455. The molecule has 1 saturated heterocycles. The molecule has 3 rings (SSSR count). The van der Waals surface area contributed by atoms with E-state index in [0.717, 1.165) is 30.1 Å². The zero-order valence-corrected chi connectivity index (χ0v) is 12.3. The average Bonchev–Trinajstić information content (AvgIpc) is 2.45. The summed E-state index contributed by atoms with van der Waals surface area (Å²) >= 11 is 6.05. The number of nitrogens with zero attached hydrogens (tertiary/aromatic N) is 3. The van der Waals surface area contributed by atoms with Crippen molar-refractivity contribution in [2.45, 2.75) is 51.7 Å². The zero-order chi connectivity index (χ0) is 13.4. The van der Waals surface area contributed by atoms with E-state index in [2.05, 4.69) is 22.0 Å². The van der Waals surface area contributed by atoms with Gasteiger partial charge in [0.05, 0.1) is 18.8 Å². The minimum absolute atomic E-state index is 0.361. The fraction of sp³-hybridized carbons (Fsp3) is 0.714. The normalized spacial score (nSPS) is 27.2. The molecular weight excluding hydrogens is 262 g/mol. The number of rotatable bonds is 1. The van der Waals surface area contributed by atoms with Crippen LogP contribution in [-0.2, 0) is 4.74 Å². The second kappa shape index (κ2) is 5.25. The minimum Gasteiger partial charge on any atom is -0.374 e. The first-order valence-corrected chi connectivity index (χ1v) is 7.44. The van der Waals surface area contributed by atoms with Gasteiger partial charge in [0, 0.05) is 6.54 Å². The summed E-state index contributed by atoms with van der Waals surface area (Å²) in [6.45, 7) is 5.77. The van der Waals surface area contributed by atoms with Crippen molar-refractivity contribution in [1.82, 2.24) is 10.2 Å². The van der Waals surface area contributed by atoms with Gasteiger partial charge in [-0.15, -0.1) is 10.2 Å². The van der Waals surface area contributed by atoms with Crippen molar-refractivity contribution in [2.75, 3.05) is 18.1 Å². The van der Waals surface area contributed by atoms with Gasteiger partial charge in [-0.05, 0) is 37.8 Å². The van der Waals surface area contributed by atoms with Gasteiger partial charge in [-0.3, -0.25) is 0 Å². The van der Waals surface area contributed by atoms with E-state index in [9.17, 15) is 0 Å². The predicted octanol–water partition coefficient (Wildman–Crippen LogP) is 2.89. The van der Waals surface area contributed by atoms with Crippen molar-refractivity contribution < 1.29 is 4.74 Å². The third-order valence-electron chi connectivity index (χ3n) is 4.44. The van der Waals surface area contributed by atoms with Crippen LogP contribution in [-0.4, -0.2) is 35.5 Å². The highest BCUT2D eigenvalue weighted by Gasteiger charge is 2.35. The molecule has 1 aliphatic carbocycles. The summed E-state index contributed by atoms with van der Waals surface area (Å²) < 4.78 is 5.91. The van der Waals surface area contributed by atoms with Gasteiger partial charge in [-0.2, -0.15) is 0 Å². The molecule has 1 aromatic rings. The van der Waals surface area contributed by atoms with Crippen molar-refractivity contribution in [2.24, 2.45) is 0 Å². The number of fused-ring (bicyclic) bond motifs is 1. The molecule has 0 bridgehead atoms. The first-order valence-electron chi connectivity index (χ1n) is 7.06. The summed E-state index contributed by atoms with van der Waals surface area (Å²) in [4.78, 5) is 2.39. The third kappa shape index (κ3) is 2.32. The van der Waals surface area contributed by atoms with Crippen LogP contribution in [0, 0.1) is 13.8 Å². The molecule has 1 aromatic heterocycles. The molecule has 0 radical (unpaired) electrons. The average molecular weight is 282 g/mol. The van der Waals surface area contributed by atoms with Gasteiger partial charge in [0.1, 0.15) is 0 Å². The molecule has 0 N–H and O–H groups in total. The van der Waals surface area contributed by atoms with Crippen LogP contribution in [0.1, 0.15) is 36.8 Å². The van der Waals surface area contributed by atoms with Crippen molar-refractivity contribution in [3.63, 3.8) is 0 Å². The molecular formula is C14H20ClN3O. The van der Waals surface area contributed by atoms with E-state index in [1.807, 2.05) is 6.92 Å². The Hall–Kier alpha value is -0.870. The lowest BCUT2D eigenvalue weighted by molar-refractivity contribution is -0.00909. The lowest BCUT2D eigenvalue weighted by Crippen LogP contribution is -2.53. The second-order valence-electron chi connectivity index (χ2n) is 5.52. The van der Waals surface area contributed by atoms with Crippen LogP contribution in [0.5, 0.6) is 0 Å². The zero-order valence-electron chi connectivity index (χ0n) is 11.5. The Morgan fingerprint density at radius 2 is 1.95 bits per heavy atom. The van der Waals surface area contributed by atoms with E-state index in [0.29, 0.717) is 17.3 Å². The maximum atomic E-state index is 6.05. The van der Waals surface area contributed by atoms with Gasteiger partial charge in [-0.25, -0.2) is 0 Å². The van der Waals surface area contributed by atoms with Gasteiger partial charge in [0.25, 0.3) is 0 Å².